The molecule has 1 aromatic carbocycles. The van der Waals surface area contributed by atoms with E-state index in [0.29, 0.717) is 17.1 Å². The van der Waals surface area contributed by atoms with E-state index in [1.165, 1.54) is 27.1 Å². The second kappa shape index (κ2) is 13.3. The van der Waals surface area contributed by atoms with Crippen molar-refractivity contribution in [2.45, 2.75) is 83.6 Å². The van der Waals surface area contributed by atoms with Crippen LogP contribution in [-0.2, 0) is 19.1 Å². The van der Waals surface area contributed by atoms with E-state index in [4.69, 9.17) is 19.7 Å². The van der Waals surface area contributed by atoms with Crippen LogP contribution in [0.2, 0.25) is 0 Å². The summed E-state index contributed by atoms with van der Waals surface area (Å²) in [6, 6.07) is 6.67. The molecule has 5 atom stereocenters. The number of nitrogens with one attached hydrogen (secondary N) is 2. The first-order valence-corrected chi connectivity index (χ1v) is 17.0. The lowest BCUT2D eigenvalue weighted by molar-refractivity contribution is -0.146. The molecule has 262 valence electrons. The number of methoxy groups -OCH3 is 1. The molecule has 1 saturated carbocycles. The van der Waals surface area contributed by atoms with E-state index in [1.54, 1.807) is 48.7 Å². The Bertz CT molecular complexity index is 1720. The van der Waals surface area contributed by atoms with Gasteiger partial charge in [0.05, 0.1) is 13.2 Å². The first kappa shape index (κ1) is 35.6. The maximum absolute atomic E-state index is 14.4. The van der Waals surface area contributed by atoms with Gasteiger partial charge in [0.25, 0.3) is 0 Å². The molecular weight excluding hydrogens is 648 g/mol. The van der Waals surface area contributed by atoms with Crippen LogP contribution in [-0.4, -0.2) is 85.8 Å². The van der Waals surface area contributed by atoms with Crippen LogP contribution in [0.4, 0.5) is 4.79 Å². The van der Waals surface area contributed by atoms with Crippen molar-refractivity contribution in [1.29, 1.82) is 0 Å². The lowest BCUT2D eigenvalue weighted by Gasteiger charge is -2.36. The smallest absolute Gasteiger partial charge is 0.408 e. The van der Waals surface area contributed by atoms with Crippen LogP contribution in [0.3, 0.4) is 0 Å². The SMILES string of the molecule is C=CC1CC1(NC(=O)C1CC(n2nc(-c3ccc(OC)cc3)c(-c3ccsc3)n2)CN1C(=O)C(NC(=O)OC(C)(C)C)C(C)(C)C)C(=O)O. The Morgan fingerprint density at radius 3 is 2.22 bits per heavy atom. The van der Waals surface area contributed by atoms with E-state index in [1.807, 2.05) is 41.1 Å². The first-order valence-electron chi connectivity index (χ1n) is 16.1. The fourth-order valence-electron chi connectivity index (χ4n) is 6.05. The molecule has 3 N–H and O–H groups in total. The number of likely N-dealkylation sites (tertiary alicyclic amines) is 1. The van der Waals surface area contributed by atoms with Gasteiger partial charge in [-0.2, -0.15) is 26.3 Å². The highest BCUT2D eigenvalue weighted by atomic mass is 32.1. The third-order valence-corrected chi connectivity index (χ3v) is 9.46. The standard InChI is InChI=1S/C35H44N6O7S/c1-9-22-17-35(22,31(44)45)37-29(42)25-16-23(18-40(25)30(43)28(33(2,3)4)36-32(46)48-34(5,6)7)41-38-26(20-10-12-24(47-8)13-11-20)27(39-41)21-14-15-49-19-21/h9-15,19,22-23,25,28H,1,16-18H2,2-8H3,(H,36,46)(H,37,42)(H,44,45). The lowest BCUT2D eigenvalue weighted by atomic mass is 9.85. The summed E-state index contributed by atoms with van der Waals surface area (Å²) < 4.78 is 10.8. The minimum Gasteiger partial charge on any atom is -0.497 e. The van der Waals surface area contributed by atoms with Gasteiger partial charge in [-0.1, -0.05) is 26.8 Å². The zero-order chi connectivity index (χ0) is 35.9. The normalized spacial score (nSPS) is 22.6. The topological polar surface area (TPSA) is 165 Å². The molecule has 3 heterocycles. The summed E-state index contributed by atoms with van der Waals surface area (Å²) in [5.41, 5.74) is -0.171. The number of thiophene rings is 1. The average molecular weight is 693 g/mol. The van der Waals surface area contributed by atoms with Crippen molar-refractivity contribution in [3.8, 4) is 28.3 Å². The fourth-order valence-corrected chi connectivity index (χ4v) is 6.69. The van der Waals surface area contributed by atoms with Crippen molar-refractivity contribution in [3.63, 3.8) is 0 Å². The number of benzene rings is 1. The number of aliphatic carboxylic acids is 1. The Kier molecular flexibility index (Phi) is 9.66. The molecule has 0 spiro atoms. The summed E-state index contributed by atoms with van der Waals surface area (Å²) in [5, 5.41) is 29.1. The number of aromatic nitrogens is 3. The molecule has 14 heteroatoms. The largest absolute Gasteiger partial charge is 0.497 e. The predicted molar refractivity (Wildman–Crippen MR) is 184 cm³/mol. The number of amides is 3. The van der Waals surface area contributed by atoms with Crippen LogP contribution in [0.1, 0.15) is 60.4 Å². The number of nitrogens with zero attached hydrogens (tertiary/aromatic N) is 4. The van der Waals surface area contributed by atoms with Crippen LogP contribution in [0.15, 0.2) is 53.7 Å². The molecule has 1 aliphatic carbocycles. The molecule has 2 aliphatic rings. The maximum Gasteiger partial charge on any atom is 0.408 e. The van der Waals surface area contributed by atoms with Crippen LogP contribution < -0.4 is 15.4 Å². The van der Waals surface area contributed by atoms with Gasteiger partial charge < -0.3 is 30.1 Å². The number of carboxylic acids is 1. The van der Waals surface area contributed by atoms with Crippen molar-refractivity contribution in [3.05, 3.63) is 53.7 Å². The van der Waals surface area contributed by atoms with Crippen molar-refractivity contribution < 1.29 is 33.8 Å². The van der Waals surface area contributed by atoms with Gasteiger partial charge in [-0.05, 0) is 68.3 Å². The Morgan fingerprint density at radius 2 is 1.71 bits per heavy atom. The number of ether oxygens (including phenoxy) is 2. The van der Waals surface area contributed by atoms with Gasteiger partial charge in [-0.3, -0.25) is 9.59 Å². The number of hydrogen-bond donors (Lipinski definition) is 3. The average Bonchev–Trinajstić information content (AvgIpc) is 3.47. The highest BCUT2D eigenvalue weighted by Crippen LogP contribution is 2.45. The Labute approximate surface area is 289 Å². The summed E-state index contributed by atoms with van der Waals surface area (Å²) in [4.78, 5) is 56.6. The van der Waals surface area contributed by atoms with Gasteiger partial charge in [0.2, 0.25) is 11.8 Å². The van der Waals surface area contributed by atoms with Crippen molar-refractivity contribution >= 4 is 35.2 Å². The van der Waals surface area contributed by atoms with E-state index in [-0.39, 0.29) is 19.4 Å². The number of carbonyl (C=O) groups excluding carboxylic acids is 3. The highest BCUT2D eigenvalue weighted by molar-refractivity contribution is 7.08. The number of carbonyl (C=O) groups is 4. The molecule has 2 fully saturated rings. The molecule has 0 bridgehead atoms. The third kappa shape index (κ3) is 7.48. The second-order valence-corrected chi connectivity index (χ2v) is 15.4. The molecular formula is C35H44N6O7S. The fraction of sp³-hybridized carbons (Fsp3) is 0.486. The third-order valence-electron chi connectivity index (χ3n) is 8.78. The van der Waals surface area contributed by atoms with Crippen LogP contribution >= 0.6 is 11.3 Å². The molecule has 2 aromatic heterocycles. The van der Waals surface area contributed by atoms with Gasteiger partial charge in [-0.15, -0.1) is 6.58 Å². The van der Waals surface area contributed by atoms with Crippen LogP contribution in [0.5, 0.6) is 5.75 Å². The zero-order valence-electron chi connectivity index (χ0n) is 28.9. The van der Waals surface area contributed by atoms with E-state index < -0.39 is 64.5 Å². The summed E-state index contributed by atoms with van der Waals surface area (Å²) in [5.74, 6) is -2.06. The monoisotopic (exact) mass is 692 g/mol. The molecule has 1 saturated heterocycles. The van der Waals surface area contributed by atoms with Gasteiger partial charge in [0, 0.05) is 35.4 Å². The summed E-state index contributed by atoms with van der Waals surface area (Å²) in [7, 11) is 1.59. The molecule has 3 amide bonds. The highest BCUT2D eigenvalue weighted by Gasteiger charge is 2.61. The maximum atomic E-state index is 14.4. The summed E-state index contributed by atoms with van der Waals surface area (Å²) in [6.45, 7) is 14.3. The minimum atomic E-state index is -1.50. The second-order valence-electron chi connectivity index (χ2n) is 14.6. The Morgan fingerprint density at radius 1 is 1.06 bits per heavy atom. The van der Waals surface area contributed by atoms with Gasteiger partial charge >= 0.3 is 12.1 Å². The van der Waals surface area contributed by atoms with E-state index in [0.717, 1.165) is 11.1 Å². The van der Waals surface area contributed by atoms with Crippen LogP contribution in [0, 0.1) is 11.3 Å². The molecule has 13 nitrogen and oxygen atoms in total. The van der Waals surface area contributed by atoms with Gasteiger partial charge in [0.15, 0.2) is 0 Å². The number of carboxylic acid groups (broad SMARTS) is 1. The van der Waals surface area contributed by atoms with E-state index in [9.17, 15) is 24.3 Å². The minimum absolute atomic E-state index is 0.0320. The number of rotatable bonds is 10. The van der Waals surface area contributed by atoms with Crippen molar-refractivity contribution in [2.75, 3.05) is 13.7 Å². The molecule has 49 heavy (non-hydrogen) atoms. The van der Waals surface area contributed by atoms with E-state index >= 15 is 0 Å². The van der Waals surface area contributed by atoms with Gasteiger partial charge in [-0.25, -0.2) is 9.59 Å². The first-order chi connectivity index (χ1) is 23.0. The Hall–Kier alpha value is -4.72. The summed E-state index contributed by atoms with van der Waals surface area (Å²) >= 11 is 1.52. The zero-order valence-corrected chi connectivity index (χ0v) is 29.7. The van der Waals surface area contributed by atoms with Crippen LogP contribution in [0.25, 0.3) is 22.5 Å². The van der Waals surface area contributed by atoms with Crippen molar-refractivity contribution in [1.82, 2.24) is 30.5 Å². The Balaban J connectivity index is 1.52. The molecule has 5 rings (SSSR count). The van der Waals surface area contributed by atoms with Crippen molar-refractivity contribution in [2.24, 2.45) is 11.3 Å². The molecule has 1 aliphatic heterocycles. The van der Waals surface area contributed by atoms with Gasteiger partial charge in [0.1, 0.15) is 40.4 Å². The number of alkyl carbamates (subject to hydrolysis) is 1. The summed E-state index contributed by atoms with van der Waals surface area (Å²) in [6.07, 6.45) is 1.04. The molecule has 0 radical (unpaired) electrons. The van der Waals surface area contributed by atoms with E-state index in [2.05, 4.69) is 17.2 Å². The number of hydrogen-bond acceptors (Lipinski definition) is 9. The quantitative estimate of drug-likeness (QED) is 0.251. The molecule has 5 unspecified atom stereocenters. The lowest BCUT2D eigenvalue weighted by Crippen LogP contribution is -2.59. The predicted octanol–water partition coefficient (Wildman–Crippen LogP) is 4.91. The molecule has 3 aromatic rings.